The van der Waals surface area contributed by atoms with E-state index in [2.05, 4.69) is 0 Å². The van der Waals surface area contributed by atoms with E-state index in [0.717, 1.165) is 24.0 Å². The second-order valence-corrected chi connectivity index (χ2v) is 5.15. The Labute approximate surface area is 118 Å². The molecule has 5 nitrogen and oxygen atoms in total. The van der Waals surface area contributed by atoms with Gasteiger partial charge in [-0.25, -0.2) is 0 Å². The SMILES string of the molecule is COCc1cc(OC)c(C2(CC(=O)O)CC2)cc1OC. The fourth-order valence-electron chi connectivity index (χ4n) is 2.63. The maximum absolute atomic E-state index is 11.1. The molecule has 1 N–H and O–H groups in total. The van der Waals surface area contributed by atoms with E-state index in [9.17, 15) is 4.79 Å². The van der Waals surface area contributed by atoms with Gasteiger partial charge in [-0.2, -0.15) is 0 Å². The summed E-state index contributed by atoms with van der Waals surface area (Å²) in [7, 11) is 4.81. The van der Waals surface area contributed by atoms with Crippen molar-refractivity contribution in [3.63, 3.8) is 0 Å². The van der Waals surface area contributed by atoms with Crippen molar-refractivity contribution in [3.8, 4) is 11.5 Å². The number of carbonyl (C=O) groups is 1. The van der Waals surface area contributed by atoms with Crippen LogP contribution in [0.5, 0.6) is 11.5 Å². The molecular formula is C15H20O5. The van der Waals surface area contributed by atoms with Crippen LogP contribution in [0.2, 0.25) is 0 Å². The van der Waals surface area contributed by atoms with Gasteiger partial charge in [-0.05, 0) is 25.0 Å². The first-order chi connectivity index (χ1) is 9.56. The van der Waals surface area contributed by atoms with Crippen molar-refractivity contribution < 1.29 is 24.1 Å². The Hall–Kier alpha value is -1.75. The monoisotopic (exact) mass is 280 g/mol. The summed E-state index contributed by atoms with van der Waals surface area (Å²) >= 11 is 0. The zero-order valence-electron chi connectivity index (χ0n) is 12.1. The van der Waals surface area contributed by atoms with E-state index in [1.54, 1.807) is 21.3 Å². The molecule has 2 rings (SSSR count). The first-order valence-electron chi connectivity index (χ1n) is 6.52. The molecular weight excluding hydrogens is 260 g/mol. The Morgan fingerprint density at radius 1 is 1.20 bits per heavy atom. The maximum Gasteiger partial charge on any atom is 0.304 e. The summed E-state index contributed by atoms with van der Waals surface area (Å²) in [5.74, 6) is 0.625. The average molecular weight is 280 g/mol. The fourth-order valence-corrected chi connectivity index (χ4v) is 2.63. The van der Waals surface area contributed by atoms with Gasteiger partial charge in [0, 0.05) is 23.7 Å². The molecule has 1 saturated carbocycles. The molecule has 1 aliphatic carbocycles. The van der Waals surface area contributed by atoms with Gasteiger partial charge in [-0.15, -0.1) is 0 Å². The smallest absolute Gasteiger partial charge is 0.304 e. The van der Waals surface area contributed by atoms with Crippen LogP contribution in [-0.4, -0.2) is 32.4 Å². The van der Waals surface area contributed by atoms with Gasteiger partial charge in [0.1, 0.15) is 11.5 Å². The number of aliphatic carboxylic acids is 1. The number of ether oxygens (including phenoxy) is 3. The van der Waals surface area contributed by atoms with E-state index < -0.39 is 5.97 Å². The van der Waals surface area contributed by atoms with Crippen molar-refractivity contribution in [2.24, 2.45) is 0 Å². The third-order valence-electron chi connectivity index (χ3n) is 3.82. The molecule has 0 amide bonds. The normalized spacial score (nSPS) is 15.8. The van der Waals surface area contributed by atoms with Crippen LogP contribution in [0.1, 0.15) is 30.4 Å². The van der Waals surface area contributed by atoms with Gasteiger partial charge in [0.05, 0.1) is 27.2 Å². The Morgan fingerprint density at radius 2 is 1.85 bits per heavy atom. The molecule has 0 spiro atoms. The summed E-state index contributed by atoms with van der Waals surface area (Å²) in [6, 6.07) is 3.77. The predicted octanol–water partition coefficient (Wildman–Crippen LogP) is 2.36. The van der Waals surface area contributed by atoms with Crippen LogP contribution in [0.3, 0.4) is 0 Å². The lowest BCUT2D eigenvalue weighted by molar-refractivity contribution is -0.137. The highest BCUT2D eigenvalue weighted by Gasteiger charge is 2.48. The van der Waals surface area contributed by atoms with Crippen LogP contribution >= 0.6 is 0 Å². The van der Waals surface area contributed by atoms with E-state index in [4.69, 9.17) is 19.3 Å². The molecule has 1 aromatic rings. The number of hydrogen-bond acceptors (Lipinski definition) is 4. The van der Waals surface area contributed by atoms with Crippen molar-refractivity contribution in [2.75, 3.05) is 21.3 Å². The Balaban J connectivity index is 2.44. The van der Waals surface area contributed by atoms with Gasteiger partial charge >= 0.3 is 5.97 Å². The van der Waals surface area contributed by atoms with Gasteiger partial charge in [-0.1, -0.05) is 0 Å². The molecule has 0 unspecified atom stereocenters. The van der Waals surface area contributed by atoms with E-state index in [1.807, 2.05) is 12.1 Å². The van der Waals surface area contributed by atoms with Crippen LogP contribution in [0.25, 0.3) is 0 Å². The van der Waals surface area contributed by atoms with E-state index in [0.29, 0.717) is 18.1 Å². The van der Waals surface area contributed by atoms with Crippen LogP contribution in [-0.2, 0) is 21.6 Å². The number of benzene rings is 1. The minimum Gasteiger partial charge on any atom is -0.496 e. The van der Waals surface area contributed by atoms with Crippen molar-refractivity contribution in [1.82, 2.24) is 0 Å². The second-order valence-electron chi connectivity index (χ2n) is 5.15. The third kappa shape index (κ3) is 2.72. The topological polar surface area (TPSA) is 65.0 Å². The second kappa shape index (κ2) is 5.71. The summed E-state index contributed by atoms with van der Waals surface area (Å²) in [5, 5.41) is 9.09. The van der Waals surface area contributed by atoms with Crippen LogP contribution in [0.4, 0.5) is 0 Å². The highest BCUT2D eigenvalue weighted by Crippen LogP contribution is 2.55. The molecule has 0 heterocycles. The highest BCUT2D eigenvalue weighted by molar-refractivity contribution is 5.71. The first kappa shape index (κ1) is 14.7. The van der Waals surface area contributed by atoms with Gasteiger partial charge in [0.2, 0.25) is 0 Å². The number of methoxy groups -OCH3 is 3. The van der Waals surface area contributed by atoms with E-state index >= 15 is 0 Å². The molecule has 110 valence electrons. The molecule has 1 aromatic carbocycles. The van der Waals surface area contributed by atoms with Gasteiger partial charge in [0.25, 0.3) is 0 Å². The van der Waals surface area contributed by atoms with Gasteiger partial charge in [-0.3, -0.25) is 4.79 Å². The molecule has 0 aromatic heterocycles. The van der Waals surface area contributed by atoms with Crippen molar-refractivity contribution >= 4 is 5.97 Å². The van der Waals surface area contributed by atoms with Gasteiger partial charge in [0.15, 0.2) is 0 Å². The zero-order valence-corrected chi connectivity index (χ0v) is 12.1. The molecule has 20 heavy (non-hydrogen) atoms. The van der Waals surface area contributed by atoms with E-state index in [-0.39, 0.29) is 11.8 Å². The van der Waals surface area contributed by atoms with Crippen LogP contribution < -0.4 is 9.47 Å². The van der Waals surface area contributed by atoms with Crippen LogP contribution in [0, 0.1) is 0 Å². The number of hydrogen-bond donors (Lipinski definition) is 1. The number of carboxylic acid groups (broad SMARTS) is 1. The molecule has 5 heteroatoms. The number of rotatable bonds is 7. The summed E-state index contributed by atoms with van der Waals surface area (Å²) in [5.41, 5.74) is 1.50. The zero-order chi connectivity index (χ0) is 14.8. The Morgan fingerprint density at radius 3 is 2.30 bits per heavy atom. The predicted molar refractivity (Wildman–Crippen MR) is 73.4 cm³/mol. The molecule has 1 aliphatic rings. The summed E-state index contributed by atoms with van der Waals surface area (Å²) in [6.07, 6.45) is 1.85. The molecule has 0 saturated heterocycles. The van der Waals surface area contributed by atoms with E-state index in [1.165, 1.54) is 0 Å². The van der Waals surface area contributed by atoms with Crippen molar-refractivity contribution in [3.05, 3.63) is 23.3 Å². The Bertz CT molecular complexity index is 505. The fraction of sp³-hybridized carbons (Fsp3) is 0.533. The molecule has 0 aliphatic heterocycles. The summed E-state index contributed by atoms with van der Waals surface area (Å²) < 4.78 is 16.0. The summed E-state index contributed by atoms with van der Waals surface area (Å²) in [4.78, 5) is 11.1. The van der Waals surface area contributed by atoms with Gasteiger partial charge < -0.3 is 19.3 Å². The van der Waals surface area contributed by atoms with Crippen molar-refractivity contribution in [2.45, 2.75) is 31.3 Å². The lowest BCUT2D eigenvalue weighted by Gasteiger charge is -2.20. The minimum absolute atomic E-state index is 0.121. The quantitative estimate of drug-likeness (QED) is 0.830. The largest absolute Gasteiger partial charge is 0.496 e. The third-order valence-corrected chi connectivity index (χ3v) is 3.82. The maximum atomic E-state index is 11.1. The Kier molecular flexibility index (Phi) is 4.18. The lowest BCUT2D eigenvalue weighted by Crippen LogP contribution is -2.15. The minimum atomic E-state index is -0.788. The first-order valence-corrected chi connectivity index (χ1v) is 6.52. The standard InChI is InChI=1S/C15H20O5/c1-18-9-10-6-13(20-3)11(7-12(10)19-2)15(4-5-15)8-14(16)17/h6-7H,4-5,8-9H2,1-3H3,(H,16,17). The summed E-state index contributed by atoms with van der Waals surface area (Å²) in [6.45, 7) is 0.422. The highest BCUT2D eigenvalue weighted by atomic mass is 16.5. The van der Waals surface area contributed by atoms with Crippen LogP contribution in [0.15, 0.2) is 12.1 Å². The molecule has 1 fully saturated rings. The van der Waals surface area contributed by atoms with Crippen molar-refractivity contribution in [1.29, 1.82) is 0 Å². The molecule has 0 atom stereocenters. The average Bonchev–Trinajstić information content (AvgIpc) is 3.18. The lowest BCUT2D eigenvalue weighted by atomic mass is 9.90. The number of carboxylic acids is 1. The molecule has 0 bridgehead atoms. The molecule has 0 radical (unpaired) electrons.